The SMILES string of the molecule is CN(C)C1CCN(CCF)CC1. The largest absolute Gasteiger partial charge is 0.306 e. The van der Waals surface area contributed by atoms with Crippen LogP contribution in [0.5, 0.6) is 0 Å². The van der Waals surface area contributed by atoms with E-state index in [0.717, 1.165) is 13.1 Å². The van der Waals surface area contributed by atoms with Gasteiger partial charge in [-0.3, -0.25) is 0 Å². The van der Waals surface area contributed by atoms with Gasteiger partial charge in [-0.15, -0.1) is 0 Å². The standard InChI is InChI=1S/C9H19FN2/c1-11(2)9-3-6-12(7-4-9)8-5-10/h9H,3-8H2,1-2H3. The topological polar surface area (TPSA) is 6.48 Å². The maximum absolute atomic E-state index is 12.0. The van der Waals surface area contributed by atoms with Gasteiger partial charge >= 0.3 is 0 Å². The molecule has 0 aromatic carbocycles. The summed E-state index contributed by atoms with van der Waals surface area (Å²) >= 11 is 0. The highest BCUT2D eigenvalue weighted by atomic mass is 19.1. The molecule has 2 nitrogen and oxygen atoms in total. The molecular formula is C9H19FN2. The summed E-state index contributed by atoms with van der Waals surface area (Å²) in [6.07, 6.45) is 2.38. The number of likely N-dealkylation sites (tertiary alicyclic amines) is 1. The number of rotatable bonds is 3. The Bertz CT molecular complexity index is 120. The van der Waals surface area contributed by atoms with E-state index in [1.165, 1.54) is 12.8 Å². The zero-order valence-corrected chi connectivity index (χ0v) is 8.09. The molecule has 1 aliphatic heterocycles. The molecule has 0 radical (unpaired) electrons. The molecule has 1 fully saturated rings. The molecule has 0 N–H and O–H groups in total. The van der Waals surface area contributed by atoms with Crippen LogP contribution in [0.15, 0.2) is 0 Å². The van der Waals surface area contributed by atoms with Crippen molar-refractivity contribution in [3.8, 4) is 0 Å². The van der Waals surface area contributed by atoms with E-state index in [2.05, 4.69) is 23.9 Å². The molecule has 0 spiro atoms. The van der Waals surface area contributed by atoms with Gasteiger partial charge in [0.1, 0.15) is 6.67 Å². The summed E-state index contributed by atoms with van der Waals surface area (Å²) in [5.74, 6) is 0. The molecule has 0 bridgehead atoms. The van der Waals surface area contributed by atoms with Crippen molar-refractivity contribution in [2.45, 2.75) is 18.9 Å². The molecule has 0 aromatic heterocycles. The van der Waals surface area contributed by atoms with Gasteiger partial charge in [-0.25, -0.2) is 4.39 Å². The van der Waals surface area contributed by atoms with E-state index in [-0.39, 0.29) is 6.67 Å². The molecule has 1 rings (SSSR count). The summed E-state index contributed by atoms with van der Waals surface area (Å²) in [5.41, 5.74) is 0. The minimum absolute atomic E-state index is 0.202. The van der Waals surface area contributed by atoms with Crippen molar-refractivity contribution >= 4 is 0 Å². The fourth-order valence-electron chi connectivity index (χ4n) is 1.78. The average Bonchev–Trinajstić information content (AvgIpc) is 2.06. The Morgan fingerprint density at radius 2 is 1.92 bits per heavy atom. The summed E-state index contributed by atoms with van der Waals surface area (Å²) in [7, 11) is 4.24. The van der Waals surface area contributed by atoms with E-state index in [0.29, 0.717) is 12.6 Å². The van der Waals surface area contributed by atoms with Crippen molar-refractivity contribution in [2.75, 3.05) is 40.4 Å². The number of halogens is 1. The summed E-state index contributed by atoms with van der Waals surface area (Å²) in [4.78, 5) is 4.48. The second kappa shape index (κ2) is 4.77. The lowest BCUT2D eigenvalue weighted by atomic mass is 10.0. The molecular weight excluding hydrogens is 155 g/mol. The summed E-state index contributed by atoms with van der Waals surface area (Å²) < 4.78 is 12.0. The van der Waals surface area contributed by atoms with Gasteiger partial charge in [0.2, 0.25) is 0 Å². The van der Waals surface area contributed by atoms with Crippen LogP contribution in [0.25, 0.3) is 0 Å². The lowest BCUT2D eigenvalue weighted by Gasteiger charge is -2.34. The third-order valence-electron chi connectivity index (χ3n) is 2.69. The van der Waals surface area contributed by atoms with Crippen LogP contribution in [-0.2, 0) is 0 Å². The minimum Gasteiger partial charge on any atom is -0.306 e. The fraction of sp³-hybridized carbons (Fsp3) is 1.00. The zero-order valence-electron chi connectivity index (χ0n) is 8.09. The van der Waals surface area contributed by atoms with Gasteiger partial charge in [-0.05, 0) is 40.0 Å². The third kappa shape index (κ3) is 2.72. The second-order valence-corrected chi connectivity index (χ2v) is 3.73. The highest BCUT2D eigenvalue weighted by Gasteiger charge is 2.19. The van der Waals surface area contributed by atoms with Crippen molar-refractivity contribution < 1.29 is 4.39 Å². The van der Waals surface area contributed by atoms with Crippen molar-refractivity contribution in [1.29, 1.82) is 0 Å². The van der Waals surface area contributed by atoms with Crippen LogP contribution in [-0.4, -0.2) is 56.2 Å². The van der Waals surface area contributed by atoms with Crippen molar-refractivity contribution in [2.24, 2.45) is 0 Å². The van der Waals surface area contributed by atoms with Crippen LogP contribution in [0.2, 0.25) is 0 Å². The van der Waals surface area contributed by atoms with Crippen LogP contribution in [0.1, 0.15) is 12.8 Å². The molecule has 72 valence electrons. The molecule has 1 aliphatic rings. The van der Waals surface area contributed by atoms with E-state index in [4.69, 9.17) is 0 Å². The van der Waals surface area contributed by atoms with E-state index in [1.807, 2.05) is 0 Å². The molecule has 12 heavy (non-hydrogen) atoms. The van der Waals surface area contributed by atoms with Crippen LogP contribution in [0, 0.1) is 0 Å². The Balaban J connectivity index is 2.20. The predicted octanol–water partition coefficient (Wildman–Crippen LogP) is 0.982. The number of piperidine rings is 1. The maximum atomic E-state index is 12.0. The summed E-state index contributed by atoms with van der Waals surface area (Å²) in [5, 5.41) is 0. The van der Waals surface area contributed by atoms with E-state index in [9.17, 15) is 4.39 Å². The third-order valence-corrected chi connectivity index (χ3v) is 2.69. The number of hydrogen-bond donors (Lipinski definition) is 0. The fourth-order valence-corrected chi connectivity index (χ4v) is 1.78. The van der Waals surface area contributed by atoms with Crippen molar-refractivity contribution in [1.82, 2.24) is 9.80 Å². The maximum Gasteiger partial charge on any atom is 0.102 e. The first-order valence-corrected chi connectivity index (χ1v) is 4.69. The number of hydrogen-bond acceptors (Lipinski definition) is 2. The van der Waals surface area contributed by atoms with Gasteiger partial charge in [-0.2, -0.15) is 0 Å². The quantitative estimate of drug-likeness (QED) is 0.629. The van der Waals surface area contributed by atoms with Gasteiger partial charge in [0.05, 0.1) is 0 Å². The molecule has 0 amide bonds. The van der Waals surface area contributed by atoms with Crippen LogP contribution >= 0.6 is 0 Å². The summed E-state index contributed by atoms with van der Waals surface area (Å²) in [6, 6.07) is 0.709. The normalized spacial score (nSPS) is 22.0. The predicted molar refractivity (Wildman–Crippen MR) is 49.1 cm³/mol. The molecule has 1 heterocycles. The Morgan fingerprint density at radius 3 is 2.33 bits per heavy atom. The lowest BCUT2D eigenvalue weighted by Crippen LogP contribution is -2.42. The Hall–Kier alpha value is -0.150. The van der Waals surface area contributed by atoms with Crippen LogP contribution in [0.3, 0.4) is 0 Å². The van der Waals surface area contributed by atoms with Crippen molar-refractivity contribution in [3.63, 3.8) is 0 Å². The molecule has 0 atom stereocenters. The van der Waals surface area contributed by atoms with Crippen molar-refractivity contribution in [3.05, 3.63) is 0 Å². The Kier molecular flexibility index (Phi) is 3.95. The Morgan fingerprint density at radius 1 is 1.33 bits per heavy atom. The Labute approximate surface area is 74.3 Å². The van der Waals surface area contributed by atoms with Crippen LogP contribution < -0.4 is 0 Å². The summed E-state index contributed by atoms with van der Waals surface area (Å²) in [6.45, 7) is 2.55. The van der Waals surface area contributed by atoms with E-state index < -0.39 is 0 Å². The highest BCUT2D eigenvalue weighted by Crippen LogP contribution is 2.13. The number of nitrogens with zero attached hydrogens (tertiary/aromatic N) is 2. The lowest BCUT2D eigenvalue weighted by molar-refractivity contribution is 0.138. The smallest absolute Gasteiger partial charge is 0.102 e. The van der Waals surface area contributed by atoms with Crippen LogP contribution in [0.4, 0.5) is 4.39 Å². The molecule has 0 aliphatic carbocycles. The highest BCUT2D eigenvalue weighted by molar-refractivity contribution is 4.76. The number of alkyl halides is 1. The van der Waals surface area contributed by atoms with Gasteiger partial charge in [0.15, 0.2) is 0 Å². The van der Waals surface area contributed by atoms with E-state index >= 15 is 0 Å². The molecule has 0 unspecified atom stereocenters. The first kappa shape index (κ1) is 9.93. The van der Waals surface area contributed by atoms with E-state index in [1.54, 1.807) is 0 Å². The minimum atomic E-state index is -0.202. The van der Waals surface area contributed by atoms with Gasteiger partial charge in [0, 0.05) is 12.6 Å². The molecule has 1 saturated heterocycles. The van der Waals surface area contributed by atoms with Gasteiger partial charge < -0.3 is 9.80 Å². The first-order valence-electron chi connectivity index (χ1n) is 4.69. The molecule has 3 heteroatoms. The second-order valence-electron chi connectivity index (χ2n) is 3.73. The average molecular weight is 174 g/mol. The molecule has 0 saturated carbocycles. The van der Waals surface area contributed by atoms with Gasteiger partial charge in [0.25, 0.3) is 0 Å². The molecule has 0 aromatic rings. The zero-order chi connectivity index (χ0) is 8.97. The monoisotopic (exact) mass is 174 g/mol. The first-order chi connectivity index (χ1) is 5.74. The van der Waals surface area contributed by atoms with Gasteiger partial charge in [-0.1, -0.05) is 0 Å².